The molecule has 0 unspecified atom stereocenters. The molecule has 0 atom stereocenters. The van der Waals surface area contributed by atoms with Crippen molar-refractivity contribution in [2.24, 2.45) is 4.99 Å². The standard InChI is InChI=1S/C21H27N3O.HI/c1-15-4-6-19(16(2)12-15)14-24-21(22-3)23-10-8-17-5-7-20-18(13-17)9-11-25-20;/h4-7,12-13H,8-11,14H2,1-3H3,(H2,22,23,24);1H. The molecular weight excluding hydrogens is 437 g/mol. The minimum Gasteiger partial charge on any atom is -0.493 e. The number of aliphatic imine (C=N–C) groups is 1. The van der Waals surface area contributed by atoms with Gasteiger partial charge in [-0.2, -0.15) is 0 Å². The zero-order chi connectivity index (χ0) is 17.6. The Morgan fingerprint density at radius 2 is 1.96 bits per heavy atom. The van der Waals surface area contributed by atoms with Crippen molar-refractivity contribution in [3.63, 3.8) is 0 Å². The summed E-state index contributed by atoms with van der Waals surface area (Å²) in [7, 11) is 1.81. The van der Waals surface area contributed by atoms with E-state index in [-0.39, 0.29) is 24.0 Å². The Bertz CT molecular complexity index is 774. The first-order valence-electron chi connectivity index (χ1n) is 8.91. The second-order valence-corrected chi connectivity index (χ2v) is 6.57. The van der Waals surface area contributed by atoms with Crippen molar-refractivity contribution < 1.29 is 4.74 Å². The lowest BCUT2D eigenvalue weighted by Gasteiger charge is -2.13. The van der Waals surface area contributed by atoms with Gasteiger partial charge in [0, 0.05) is 26.6 Å². The van der Waals surface area contributed by atoms with Crippen LogP contribution in [0.1, 0.15) is 27.8 Å². The molecular formula is C21H28IN3O. The number of guanidine groups is 1. The van der Waals surface area contributed by atoms with E-state index in [0.717, 1.165) is 44.2 Å². The number of nitrogens with one attached hydrogen (secondary N) is 2. The number of hydrogen-bond donors (Lipinski definition) is 2. The molecule has 140 valence electrons. The molecule has 26 heavy (non-hydrogen) atoms. The second-order valence-electron chi connectivity index (χ2n) is 6.57. The topological polar surface area (TPSA) is 45.7 Å². The molecule has 0 aromatic heterocycles. The molecule has 0 spiro atoms. The molecule has 0 amide bonds. The maximum atomic E-state index is 5.56. The summed E-state index contributed by atoms with van der Waals surface area (Å²) >= 11 is 0. The molecule has 0 saturated carbocycles. The van der Waals surface area contributed by atoms with Gasteiger partial charge in [-0.15, -0.1) is 24.0 Å². The summed E-state index contributed by atoms with van der Waals surface area (Å²) in [5, 5.41) is 6.79. The Morgan fingerprint density at radius 3 is 2.73 bits per heavy atom. The molecule has 0 aliphatic carbocycles. The van der Waals surface area contributed by atoms with Crippen LogP contribution in [0.4, 0.5) is 0 Å². The minimum atomic E-state index is 0. The summed E-state index contributed by atoms with van der Waals surface area (Å²) in [6, 6.07) is 13.0. The van der Waals surface area contributed by atoms with Crippen LogP contribution in [0.3, 0.4) is 0 Å². The van der Waals surface area contributed by atoms with Crippen molar-refractivity contribution in [1.82, 2.24) is 10.6 Å². The van der Waals surface area contributed by atoms with Gasteiger partial charge >= 0.3 is 0 Å². The van der Waals surface area contributed by atoms with Crippen LogP contribution in [0, 0.1) is 13.8 Å². The Hall–Kier alpha value is -1.76. The molecule has 2 aromatic rings. The third-order valence-electron chi connectivity index (χ3n) is 4.63. The molecule has 0 saturated heterocycles. The number of ether oxygens (including phenoxy) is 1. The van der Waals surface area contributed by atoms with E-state index in [9.17, 15) is 0 Å². The maximum absolute atomic E-state index is 5.56. The SMILES string of the molecule is CN=C(NCCc1ccc2c(c1)CCO2)NCc1ccc(C)cc1C.I. The molecule has 0 radical (unpaired) electrons. The number of rotatable bonds is 5. The first-order chi connectivity index (χ1) is 12.2. The van der Waals surface area contributed by atoms with E-state index in [0.29, 0.717) is 0 Å². The summed E-state index contributed by atoms with van der Waals surface area (Å²) in [5.74, 6) is 1.88. The molecule has 5 heteroatoms. The number of nitrogens with zero attached hydrogens (tertiary/aromatic N) is 1. The summed E-state index contributed by atoms with van der Waals surface area (Å²) < 4.78 is 5.56. The smallest absolute Gasteiger partial charge is 0.191 e. The van der Waals surface area contributed by atoms with E-state index in [1.54, 1.807) is 0 Å². The second kappa shape index (κ2) is 9.80. The Balaban J connectivity index is 0.00000243. The number of hydrogen-bond acceptors (Lipinski definition) is 2. The van der Waals surface area contributed by atoms with E-state index < -0.39 is 0 Å². The molecule has 0 bridgehead atoms. The van der Waals surface area contributed by atoms with Gasteiger partial charge in [-0.05, 0) is 48.6 Å². The highest BCUT2D eigenvalue weighted by atomic mass is 127. The number of benzene rings is 2. The average molecular weight is 465 g/mol. The van der Waals surface area contributed by atoms with E-state index in [2.05, 4.69) is 65.9 Å². The largest absolute Gasteiger partial charge is 0.493 e. The van der Waals surface area contributed by atoms with Crippen LogP contribution in [0.2, 0.25) is 0 Å². The predicted octanol–water partition coefficient (Wildman–Crippen LogP) is 3.76. The Kier molecular flexibility index (Phi) is 7.75. The summed E-state index contributed by atoms with van der Waals surface area (Å²) in [5.41, 5.74) is 6.57. The highest BCUT2D eigenvalue weighted by molar-refractivity contribution is 14.0. The van der Waals surface area contributed by atoms with Gasteiger partial charge < -0.3 is 15.4 Å². The van der Waals surface area contributed by atoms with Gasteiger partial charge in [-0.25, -0.2) is 0 Å². The van der Waals surface area contributed by atoms with Gasteiger partial charge in [0.1, 0.15) is 5.75 Å². The van der Waals surface area contributed by atoms with Crippen LogP contribution in [-0.2, 0) is 19.4 Å². The normalized spacial score (nSPS) is 12.8. The quantitative estimate of drug-likeness (QED) is 0.402. The van der Waals surface area contributed by atoms with Crippen molar-refractivity contribution in [3.8, 4) is 5.75 Å². The predicted molar refractivity (Wildman–Crippen MR) is 119 cm³/mol. The summed E-state index contributed by atoms with van der Waals surface area (Å²) in [6.07, 6.45) is 1.99. The fraction of sp³-hybridized carbons (Fsp3) is 0.381. The van der Waals surface area contributed by atoms with Gasteiger partial charge in [-0.1, -0.05) is 35.9 Å². The lowest BCUT2D eigenvalue weighted by molar-refractivity contribution is 0.357. The molecule has 1 heterocycles. The molecule has 4 nitrogen and oxygen atoms in total. The number of halogens is 1. The van der Waals surface area contributed by atoms with Gasteiger partial charge in [-0.3, -0.25) is 4.99 Å². The van der Waals surface area contributed by atoms with Gasteiger partial charge in [0.2, 0.25) is 0 Å². The van der Waals surface area contributed by atoms with Crippen LogP contribution in [0.25, 0.3) is 0 Å². The highest BCUT2D eigenvalue weighted by Gasteiger charge is 2.11. The molecule has 0 fully saturated rings. The Labute approximate surface area is 173 Å². The molecule has 2 aromatic carbocycles. The summed E-state index contributed by atoms with van der Waals surface area (Å²) in [4.78, 5) is 4.31. The van der Waals surface area contributed by atoms with Gasteiger partial charge in [0.15, 0.2) is 5.96 Å². The van der Waals surface area contributed by atoms with Crippen molar-refractivity contribution in [2.45, 2.75) is 33.2 Å². The van der Waals surface area contributed by atoms with Crippen molar-refractivity contribution in [2.75, 3.05) is 20.2 Å². The van der Waals surface area contributed by atoms with Crippen LogP contribution < -0.4 is 15.4 Å². The highest BCUT2D eigenvalue weighted by Crippen LogP contribution is 2.25. The lowest BCUT2D eigenvalue weighted by atomic mass is 10.1. The monoisotopic (exact) mass is 465 g/mol. The zero-order valence-electron chi connectivity index (χ0n) is 15.8. The minimum absolute atomic E-state index is 0. The lowest BCUT2D eigenvalue weighted by Crippen LogP contribution is -2.38. The first-order valence-corrected chi connectivity index (χ1v) is 8.91. The van der Waals surface area contributed by atoms with Gasteiger partial charge in [0.25, 0.3) is 0 Å². The maximum Gasteiger partial charge on any atom is 0.191 e. The Morgan fingerprint density at radius 1 is 1.12 bits per heavy atom. The van der Waals surface area contributed by atoms with Crippen molar-refractivity contribution >= 4 is 29.9 Å². The molecule has 2 N–H and O–H groups in total. The van der Waals surface area contributed by atoms with E-state index in [1.165, 1.54) is 27.8 Å². The fourth-order valence-corrected chi connectivity index (χ4v) is 3.16. The van der Waals surface area contributed by atoms with Crippen LogP contribution >= 0.6 is 24.0 Å². The van der Waals surface area contributed by atoms with Crippen LogP contribution in [0.5, 0.6) is 5.75 Å². The summed E-state index contributed by atoms with van der Waals surface area (Å²) in [6.45, 7) is 6.72. The third-order valence-corrected chi connectivity index (χ3v) is 4.63. The van der Waals surface area contributed by atoms with E-state index in [1.807, 2.05) is 7.05 Å². The third kappa shape index (κ3) is 5.37. The number of fused-ring (bicyclic) bond motifs is 1. The van der Waals surface area contributed by atoms with Crippen molar-refractivity contribution in [3.05, 3.63) is 64.2 Å². The van der Waals surface area contributed by atoms with Gasteiger partial charge in [0.05, 0.1) is 6.61 Å². The fourth-order valence-electron chi connectivity index (χ4n) is 3.16. The van der Waals surface area contributed by atoms with Crippen LogP contribution in [-0.4, -0.2) is 26.2 Å². The molecule has 1 aliphatic rings. The number of aryl methyl sites for hydroxylation is 2. The molecule has 1 aliphatic heterocycles. The van der Waals surface area contributed by atoms with E-state index in [4.69, 9.17) is 4.74 Å². The van der Waals surface area contributed by atoms with Crippen LogP contribution in [0.15, 0.2) is 41.4 Å². The average Bonchev–Trinajstić information content (AvgIpc) is 3.07. The molecule has 3 rings (SSSR count). The van der Waals surface area contributed by atoms with E-state index >= 15 is 0 Å². The van der Waals surface area contributed by atoms with Crippen molar-refractivity contribution in [1.29, 1.82) is 0 Å². The zero-order valence-corrected chi connectivity index (χ0v) is 18.1. The first kappa shape index (κ1) is 20.6.